The fourth-order valence-corrected chi connectivity index (χ4v) is 1.94. The predicted octanol–water partition coefficient (Wildman–Crippen LogP) is 2.90. The average Bonchev–Trinajstić information content (AvgIpc) is 2.42. The molecule has 0 spiro atoms. The molecule has 1 amide bonds. The van der Waals surface area contributed by atoms with Crippen LogP contribution in [-0.4, -0.2) is 19.1 Å². The van der Waals surface area contributed by atoms with Gasteiger partial charge >= 0.3 is 0 Å². The summed E-state index contributed by atoms with van der Waals surface area (Å²) < 4.78 is 5.72. The molecule has 5 heteroatoms. The molecule has 0 saturated heterocycles. The Kier molecular flexibility index (Phi) is 6.82. The van der Waals surface area contributed by atoms with Gasteiger partial charge in [-0.1, -0.05) is 25.4 Å². The maximum atomic E-state index is 11.0. The smallest absolute Gasteiger partial charge is 0.223 e. The molecule has 2 atom stereocenters. The highest BCUT2D eigenvalue weighted by Crippen LogP contribution is 2.28. The molecule has 4 nitrogen and oxygen atoms in total. The van der Waals surface area contributed by atoms with Gasteiger partial charge in [-0.25, -0.2) is 0 Å². The molecular formula is C15H23ClN2O2. The van der Waals surface area contributed by atoms with Crippen molar-refractivity contribution in [1.29, 1.82) is 0 Å². The molecule has 0 aliphatic carbocycles. The zero-order chi connectivity index (χ0) is 15.1. The molecule has 1 aromatic carbocycles. The van der Waals surface area contributed by atoms with Gasteiger partial charge in [0.25, 0.3) is 0 Å². The van der Waals surface area contributed by atoms with Crippen LogP contribution in [0.4, 0.5) is 0 Å². The van der Waals surface area contributed by atoms with Gasteiger partial charge in [0.05, 0.1) is 12.5 Å². The molecule has 1 aromatic rings. The summed E-state index contributed by atoms with van der Waals surface area (Å²) in [6, 6.07) is 5.63. The first kappa shape index (κ1) is 16.8. The van der Waals surface area contributed by atoms with Gasteiger partial charge < -0.3 is 15.8 Å². The fourth-order valence-electron chi connectivity index (χ4n) is 1.76. The van der Waals surface area contributed by atoms with Gasteiger partial charge in [-0.2, -0.15) is 0 Å². The van der Waals surface area contributed by atoms with E-state index in [9.17, 15) is 4.79 Å². The van der Waals surface area contributed by atoms with E-state index in [0.29, 0.717) is 5.02 Å². The summed E-state index contributed by atoms with van der Waals surface area (Å²) in [7, 11) is 0. The van der Waals surface area contributed by atoms with Crippen LogP contribution in [0, 0.1) is 5.92 Å². The average molecular weight is 299 g/mol. The van der Waals surface area contributed by atoms with Gasteiger partial charge in [-0.3, -0.25) is 4.79 Å². The summed E-state index contributed by atoms with van der Waals surface area (Å²) in [4.78, 5) is 11.0. The predicted molar refractivity (Wildman–Crippen MR) is 82.0 cm³/mol. The van der Waals surface area contributed by atoms with Crippen LogP contribution < -0.4 is 15.8 Å². The quantitative estimate of drug-likeness (QED) is 0.775. The van der Waals surface area contributed by atoms with Crippen molar-refractivity contribution in [2.24, 2.45) is 11.7 Å². The van der Waals surface area contributed by atoms with Crippen molar-refractivity contribution < 1.29 is 9.53 Å². The van der Waals surface area contributed by atoms with Crippen molar-refractivity contribution in [2.45, 2.75) is 33.2 Å². The van der Waals surface area contributed by atoms with Crippen molar-refractivity contribution in [3.63, 3.8) is 0 Å². The minimum atomic E-state index is -0.363. The van der Waals surface area contributed by atoms with E-state index in [-0.39, 0.29) is 24.5 Å². The minimum absolute atomic E-state index is 0.132. The third-order valence-electron chi connectivity index (χ3n) is 3.11. The topological polar surface area (TPSA) is 64.3 Å². The number of carbonyl (C=O) groups excluding carboxylic acids is 1. The minimum Gasteiger partial charge on any atom is -0.492 e. The van der Waals surface area contributed by atoms with Crippen LogP contribution in [-0.2, 0) is 4.79 Å². The first-order valence-corrected chi connectivity index (χ1v) is 7.28. The van der Waals surface area contributed by atoms with Crippen molar-refractivity contribution in [3.05, 3.63) is 28.8 Å². The van der Waals surface area contributed by atoms with Crippen molar-refractivity contribution in [1.82, 2.24) is 5.32 Å². The second kappa shape index (κ2) is 8.12. The van der Waals surface area contributed by atoms with Crippen LogP contribution in [0.1, 0.15) is 38.8 Å². The van der Waals surface area contributed by atoms with Crippen LogP contribution in [0.2, 0.25) is 5.02 Å². The Bertz CT molecular complexity index is 451. The Balaban J connectivity index is 2.81. The van der Waals surface area contributed by atoms with Crippen molar-refractivity contribution >= 4 is 17.5 Å². The molecule has 1 rings (SSSR count). The van der Waals surface area contributed by atoms with Gasteiger partial charge in [0.1, 0.15) is 5.75 Å². The van der Waals surface area contributed by atoms with E-state index in [0.717, 1.165) is 24.3 Å². The first-order chi connectivity index (χ1) is 9.45. The van der Waals surface area contributed by atoms with E-state index in [1.807, 2.05) is 12.1 Å². The third-order valence-corrected chi connectivity index (χ3v) is 3.35. The lowest BCUT2D eigenvalue weighted by atomic mass is 10.1. The van der Waals surface area contributed by atoms with Crippen molar-refractivity contribution in [3.8, 4) is 5.75 Å². The van der Waals surface area contributed by atoms with E-state index in [2.05, 4.69) is 19.2 Å². The van der Waals surface area contributed by atoms with Gasteiger partial charge in [0.2, 0.25) is 5.91 Å². The van der Waals surface area contributed by atoms with Crippen LogP contribution in [0.25, 0.3) is 0 Å². The molecule has 0 radical (unpaired) electrons. The number of primary amides is 1. The van der Waals surface area contributed by atoms with Crippen LogP contribution >= 0.6 is 11.6 Å². The van der Waals surface area contributed by atoms with Gasteiger partial charge in [0, 0.05) is 16.6 Å². The number of benzene rings is 1. The highest BCUT2D eigenvalue weighted by molar-refractivity contribution is 6.30. The number of rotatable bonds is 8. The second-order valence-corrected chi connectivity index (χ2v) is 5.41. The number of hydrogen-bond donors (Lipinski definition) is 2. The Hall–Kier alpha value is -1.26. The summed E-state index contributed by atoms with van der Waals surface area (Å²) in [5, 5.41) is 4.06. The van der Waals surface area contributed by atoms with Gasteiger partial charge in [0.15, 0.2) is 0 Å². The summed E-state index contributed by atoms with van der Waals surface area (Å²) >= 11 is 6.05. The molecule has 0 fully saturated rings. The monoisotopic (exact) mass is 298 g/mol. The lowest BCUT2D eigenvalue weighted by molar-refractivity contribution is -0.122. The number of amides is 1. The maximum Gasteiger partial charge on any atom is 0.223 e. The van der Waals surface area contributed by atoms with Gasteiger partial charge in [-0.05, 0) is 38.1 Å². The van der Waals surface area contributed by atoms with E-state index in [4.69, 9.17) is 22.1 Å². The van der Waals surface area contributed by atoms with E-state index in [1.165, 1.54) is 0 Å². The molecule has 112 valence electrons. The number of ether oxygens (including phenoxy) is 1. The first-order valence-electron chi connectivity index (χ1n) is 6.90. The zero-order valence-corrected chi connectivity index (χ0v) is 13.0. The number of halogens is 1. The summed E-state index contributed by atoms with van der Waals surface area (Å²) in [6.07, 6.45) is 1.06. The lowest BCUT2D eigenvalue weighted by Gasteiger charge is -2.19. The number of hydrogen-bond acceptors (Lipinski definition) is 3. The molecule has 2 unspecified atom stereocenters. The summed E-state index contributed by atoms with van der Waals surface area (Å²) in [5.41, 5.74) is 6.22. The highest BCUT2D eigenvalue weighted by Gasteiger charge is 2.14. The number of carbonyl (C=O) groups is 1. The SMILES string of the molecule is CCCNC(C)c1cc(Cl)ccc1OCC(C)C(N)=O. The highest BCUT2D eigenvalue weighted by atomic mass is 35.5. The Morgan fingerprint density at radius 2 is 2.15 bits per heavy atom. The zero-order valence-electron chi connectivity index (χ0n) is 12.3. The Morgan fingerprint density at radius 3 is 2.75 bits per heavy atom. The summed E-state index contributed by atoms with van der Waals surface area (Å²) in [6.45, 7) is 7.11. The summed E-state index contributed by atoms with van der Waals surface area (Å²) in [5.74, 6) is 0.0497. The van der Waals surface area contributed by atoms with Crippen LogP contribution in [0.3, 0.4) is 0 Å². The Labute approximate surface area is 125 Å². The molecule has 0 heterocycles. The number of nitrogens with two attached hydrogens (primary N) is 1. The maximum absolute atomic E-state index is 11.0. The molecule has 20 heavy (non-hydrogen) atoms. The lowest BCUT2D eigenvalue weighted by Crippen LogP contribution is -2.26. The molecule has 0 aromatic heterocycles. The van der Waals surface area contributed by atoms with E-state index < -0.39 is 0 Å². The largest absolute Gasteiger partial charge is 0.492 e. The normalized spacial score (nSPS) is 13.8. The van der Waals surface area contributed by atoms with E-state index >= 15 is 0 Å². The van der Waals surface area contributed by atoms with E-state index in [1.54, 1.807) is 13.0 Å². The van der Waals surface area contributed by atoms with Crippen LogP contribution in [0.5, 0.6) is 5.75 Å². The van der Waals surface area contributed by atoms with Crippen LogP contribution in [0.15, 0.2) is 18.2 Å². The molecule has 0 bridgehead atoms. The standard InChI is InChI=1S/C15H23ClN2O2/c1-4-7-18-11(3)13-8-12(16)5-6-14(13)20-9-10(2)15(17)19/h5-6,8,10-11,18H,4,7,9H2,1-3H3,(H2,17,19). The molecule has 0 saturated carbocycles. The fraction of sp³-hybridized carbons (Fsp3) is 0.533. The molecule has 0 aliphatic rings. The van der Waals surface area contributed by atoms with Gasteiger partial charge in [-0.15, -0.1) is 0 Å². The number of nitrogens with one attached hydrogen (secondary N) is 1. The molecular weight excluding hydrogens is 276 g/mol. The Morgan fingerprint density at radius 1 is 1.45 bits per heavy atom. The van der Waals surface area contributed by atoms with Crippen molar-refractivity contribution in [2.75, 3.05) is 13.2 Å². The molecule has 0 aliphatic heterocycles. The third kappa shape index (κ3) is 5.02. The molecule has 3 N–H and O–H groups in total. The second-order valence-electron chi connectivity index (χ2n) is 4.97.